The lowest BCUT2D eigenvalue weighted by Gasteiger charge is -1.80. The Morgan fingerprint density at radius 3 is 2.75 bits per heavy atom. The Labute approximate surface area is 51.1 Å². The maximum Gasteiger partial charge on any atom is 0.282 e. The highest BCUT2D eigenvalue weighted by Gasteiger charge is 2.00. The van der Waals surface area contributed by atoms with Gasteiger partial charge in [-0.25, -0.2) is 0 Å². The molecule has 1 aromatic heterocycles. The molecule has 8 heavy (non-hydrogen) atoms. The van der Waals surface area contributed by atoms with Crippen molar-refractivity contribution < 1.29 is 8.81 Å². The summed E-state index contributed by atoms with van der Waals surface area (Å²) in [5, 5.41) is 0. The third-order valence-electron chi connectivity index (χ3n) is 0.837. The van der Waals surface area contributed by atoms with Crippen molar-refractivity contribution in [2.24, 2.45) is 0 Å². The van der Waals surface area contributed by atoms with E-state index in [1.807, 2.05) is 0 Å². The van der Waals surface area contributed by atoms with Crippen molar-refractivity contribution in [3.63, 3.8) is 0 Å². The molecule has 0 aromatic carbocycles. The highest BCUT2D eigenvalue weighted by Crippen LogP contribution is 2.09. The van der Waals surface area contributed by atoms with Crippen LogP contribution < -0.4 is 0 Å². The highest BCUT2D eigenvalue weighted by atomic mass is 35.5. The molecule has 1 aromatic rings. The second kappa shape index (κ2) is 2.18. The standard InChI is InChI=1S/C5H4ClFO/c6-3-4-1-2-8-5(4)7/h1-2H,3H2. The maximum atomic E-state index is 12.1. The van der Waals surface area contributed by atoms with E-state index in [1.165, 1.54) is 12.3 Å². The predicted molar refractivity (Wildman–Crippen MR) is 28.2 cm³/mol. The third kappa shape index (κ3) is 0.842. The first-order valence-corrected chi connectivity index (χ1v) is 2.66. The zero-order valence-corrected chi connectivity index (χ0v) is 4.78. The van der Waals surface area contributed by atoms with Crippen LogP contribution in [0.2, 0.25) is 0 Å². The fourth-order valence-electron chi connectivity index (χ4n) is 0.414. The summed E-state index contributed by atoms with van der Waals surface area (Å²) >= 11 is 5.27. The zero-order valence-electron chi connectivity index (χ0n) is 4.03. The molecule has 0 fully saturated rings. The van der Waals surface area contributed by atoms with E-state index < -0.39 is 6.01 Å². The first-order valence-electron chi connectivity index (χ1n) is 2.12. The number of alkyl halides is 1. The average molecular weight is 135 g/mol. The normalized spacial score (nSPS) is 9.75. The molecule has 0 spiro atoms. The van der Waals surface area contributed by atoms with E-state index >= 15 is 0 Å². The summed E-state index contributed by atoms with van der Waals surface area (Å²) in [6, 6.07) is 0.919. The van der Waals surface area contributed by atoms with Crippen LogP contribution in [0.3, 0.4) is 0 Å². The molecule has 0 unspecified atom stereocenters. The number of hydrogen-bond donors (Lipinski definition) is 0. The Balaban J connectivity index is 2.92. The van der Waals surface area contributed by atoms with Crippen molar-refractivity contribution in [1.29, 1.82) is 0 Å². The maximum absolute atomic E-state index is 12.1. The van der Waals surface area contributed by atoms with Crippen LogP contribution in [0.25, 0.3) is 0 Å². The molecule has 0 saturated heterocycles. The summed E-state index contributed by atoms with van der Waals surface area (Å²) in [5.74, 6) is 0.169. The van der Waals surface area contributed by atoms with E-state index in [0.717, 1.165) is 0 Å². The van der Waals surface area contributed by atoms with E-state index in [0.29, 0.717) is 5.56 Å². The van der Waals surface area contributed by atoms with Crippen molar-refractivity contribution in [3.05, 3.63) is 23.9 Å². The lowest BCUT2D eigenvalue weighted by Crippen LogP contribution is -1.73. The van der Waals surface area contributed by atoms with Crippen LogP contribution in [-0.2, 0) is 5.88 Å². The third-order valence-corrected chi connectivity index (χ3v) is 1.13. The summed E-state index contributed by atoms with van der Waals surface area (Å²) in [4.78, 5) is 0. The molecule has 0 atom stereocenters. The molecule has 0 saturated carbocycles. The van der Waals surface area contributed by atoms with Gasteiger partial charge in [-0.2, -0.15) is 4.39 Å². The first-order chi connectivity index (χ1) is 3.84. The van der Waals surface area contributed by atoms with Gasteiger partial charge in [0.05, 0.1) is 12.1 Å². The number of halogens is 2. The van der Waals surface area contributed by atoms with Crippen molar-refractivity contribution >= 4 is 11.6 Å². The molecule has 0 bridgehead atoms. The average Bonchev–Trinajstić information content (AvgIpc) is 2.14. The van der Waals surface area contributed by atoms with Gasteiger partial charge in [0, 0.05) is 5.56 Å². The van der Waals surface area contributed by atoms with Crippen LogP contribution in [-0.4, -0.2) is 0 Å². The van der Waals surface area contributed by atoms with Gasteiger partial charge in [0.1, 0.15) is 0 Å². The van der Waals surface area contributed by atoms with Gasteiger partial charge < -0.3 is 4.42 Å². The topological polar surface area (TPSA) is 13.1 Å². The van der Waals surface area contributed by atoms with E-state index in [4.69, 9.17) is 11.6 Å². The van der Waals surface area contributed by atoms with Gasteiger partial charge in [-0.1, -0.05) is 0 Å². The molecule has 0 amide bonds. The number of rotatable bonds is 1. The van der Waals surface area contributed by atoms with Crippen LogP contribution in [0.15, 0.2) is 16.7 Å². The number of hydrogen-bond acceptors (Lipinski definition) is 1. The van der Waals surface area contributed by atoms with Crippen LogP contribution in [0.4, 0.5) is 4.39 Å². The summed E-state index contributed by atoms with van der Waals surface area (Å²) in [6.07, 6.45) is 1.27. The molecule has 1 rings (SSSR count). The Hall–Kier alpha value is -0.500. The highest BCUT2D eigenvalue weighted by molar-refractivity contribution is 6.17. The van der Waals surface area contributed by atoms with Gasteiger partial charge in [-0.15, -0.1) is 11.6 Å². The van der Waals surface area contributed by atoms with Gasteiger partial charge in [0.15, 0.2) is 0 Å². The van der Waals surface area contributed by atoms with Crippen molar-refractivity contribution in [2.75, 3.05) is 0 Å². The summed E-state index contributed by atoms with van der Waals surface area (Å²) in [5.41, 5.74) is 0.409. The molecular formula is C5H4ClFO. The molecular weight excluding hydrogens is 131 g/mol. The monoisotopic (exact) mass is 134 g/mol. The van der Waals surface area contributed by atoms with Crippen LogP contribution in [0.5, 0.6) is 0 Å². The second-order valence-corrected chi connectivity index (χ2v) is 1.62. The molecule has 0 N–H and O–H groups in total. The van der Waals surface area contributed by atoms with Gasteiger partial charge in [-0.05, 0) is 6.07 Å². The molecule has 3 heteroatoms. The van der Waals surface area contributed by atoms with Gasteiger partial charge in [-0.3, -0.25) is 0 Å². The largest absolute Gasteiger partial charge is 0.439 e. The fraction of sp³-hybridized carbons (Fsp3) is 0.200. The zero-order chi connectivity index (χ0) is 5.98. The van der Waals surface area contributed by atoms with Crippen molar-refractivity contribution in [3.8, 4) is 0 Å². The van der Waals surface area contributed by atoms with Gasteiger partial charge in [0.25, 0.3) is 6.01 Å². The van der Waals surface area contributed by atoms with Crippen LogP contribution >= 0.6 is 11.6 Å². The lowest BCUT2D eigenvalue weighted by molar-refractivity contribution is 0.354. The van der Waals surface area contributed by atoms with Crippen molar-refractivity contribution in [2.45, 2.75) is 5.88 Å². The fourth-order valence-corrected chi connectivity index (χ4v) is 0.608. The Kier molecular flexibility index (Phi) is 1.53. The Bertz CT molecular complexity index is 173. The van der Waals surface area contributed by atoms with E-state index in [2.05, 4.69) is 4.42 Å². The van der Waals surface area contributed by atoms with Crippen LogP contribution in [0.1, 0.15) is 5.56 Å². The molecule has 0 aliphatic carbocycles. The summed E-state index contributed by atoms with van der Waals surface area (Å²) in [7, 11) is 0. The minimum absolute atomic E-state index is 0.169. The minimum Gasteiger partial charge on any atom is -0.439 e. The summed E-state index contributed by atoms with van der Waals surface area (Å²) in [6.45, 7) is 0. The predicted octanol–water partition coefficient (Wildman–Crippen LogP) is 2.16. The Morgan fingerprint density at radius 2 is 2.50 bits per heavy atom. The lowest BCUT2D eigenvalue weighted by atomic mass is 10.4. The van der Waals surface area contributed by atoms with E-state index in [9.17, 15) is 4.39 Å². The van der Waals surface area contributed by atoms with Gasteiger partial charge in [0.2, 0.25) is 0 Å². The van der Waals surface area contributed by atoms with Gasteiger partial charge >= 0.3 is 0 Å². The molecule has 1 heterocycles. The molecule has 0 radical (unpaired) electrons. The van der Waals surface area contributed by atoms with E-state index in [-0.39, 0.29) is 5.88 Å². The molecule has 0 aliphatic heterocycles. The molecule has 0 aliphatic rings. The smallest absolute Gasteiger partial charge is 0.282 e. The van der Waals surface area contributed by atoms with Crippen molar-refractivity contribution in [1.82, 2.24) is 0 Å². The molecule has 1 nitrogen and oxygen atoms in total. The second-order valence-electron chi connectivity index (χ2n) is 1.35. The quantitative estimate of drug-likeness (QED) is 0.537. The van der Waals surface area contributed by atoms with Crippen LogP contribution in [0, 0.1) is 6.01 Å². The Morgan fingerprint density at radius 1 is 1.75 bits per heavy atom. The number of furan rings is 1. The SMILES string of the molecule is Fc1occc1CCl. The summed E-state index contributed by atoms with van der Waals surface area (Å²) < 4.78 is 16.4. The minimum atomic E-state index is -0.583. The first kappa shape index (κ1) is 5.63. The molecule has 44 valence electrons. The van der Waals surface area contributed by atoms with E-state index in [1.54, 1.807) is 0 Å².